The van der Waals surface area contributed by atoms with Gasteiger partial charge >= 0.3 is 5.97 Å². The van der Waals surface area contributed by atoms with Gasteiger partial charge in [-0.1, -0.05) is 47.7 Å². The van der Waals surface area contributed by atoms with Gasteiger partial charge in [-0.15, -0.1) is 0 Å². The Hall–Kier alpha value is -3.16. The molecule has 35 heavy (non-hydrogen) atoms. The normalized spacial score (nSPS) is 17.4. The molecule has 0 unspecified atom stereocenters. The standard InChI is InChI=1S/C28H26FN3O2S/c29-22-15-18(5-4-14-32-16-19(17-32)27(33)34)8-9-21(22)25-30-23-10-11-24(31-26(23)35-25)28(12-13-28)20-6-2-1-3-7-20/h1-3,6-11,15,19H,4-5,12-14,16-17H2,(H,33,34). The minimum Gasteiger partial charge on any atom is -0.481 e. The Kier molecular flexibility index (Phi) is 5.61. The number of pyridine rings is 1. The van der Waals surface area contributed by atoms with Crippen molar-refractivity contribution in [1.29, 1.82) is 0 Å². The zero-order chi connectivity index (χ0) is 24.0. The molecule has 1 aliphatic heterocycles. The monoisotopic (exact) mass is 487 g/mol. The summed E-state index contributed by atoms with van der Waals surface area (Å²) >= 11 is 1.44. The molecule has 2 fully saturated rings. The van der Waals surface area contributed by atoms with Gasteiger partial charge in [0.1, 0.15) is 21.2 Å². The van der Waals surface area contributed by atoms with Crippen LogP contribution in [0.3, 0.4) is 0 Å². The van der Waals surface area contributed by atoms with Crippen molar-refractivity contribution in [2.45, 2.75) is 31.1 Å². The van der Waals surface area contributed by atoms with Gasteiger partial charge in [-0.05, 0) is 67.6 Å². The molecule has 1 aliphatic carbocycles. The van der Waals surface area contributed by atoms with Crippen LogP contribution in [0.5, 0.6) is 0 Å². The molecule has 0 radical (unpaired) electrons. The number of fused-ring (bicyclic) bond motifs is 1. The number of likely N-dealkylation sites (tertiary alicyclic amines) is 1. The van der Waals surface area contributed by atoms with E-state index in [0.717, 1.165) is 53.8 Å². The molecule has 5 nitrogen and oxygen atoms in total. The summed E-state index contributed by atoms with van der Waals surface area (Å²) in [6.07, 6.45) is 3.82. The number of benzene rings is 2. The van der Waals surface area contributed by atoms with Gasteiger partial charge in [0.2, 0.25) is 0 Å². The Morgan fingerprint density at radius 2 is 1.89 bits per heavy atom. The SMILES string of the molecule is O=C(O)C1CN(CCCc2ccc(-c3nc4ccc(C5(c6ccccc6)CC5)nc4s3)c(F)c2)C1. The molecule has 4 aromatic rings. The fraction of sp³-hybridized carbons (Fsp3) is 0.321. The van der Waals surface area contributed by atoms with Crippen LogP contribution in [0.15, 0.2) is 60.7 Å². The molecule has 2 aromatic carbocycles. The molecule has 178 valence electrons. The molecule has 1 N–H and O–H groups in total. The highest BCUT2D eigenvalue weighted by atomic mass is 32.1. The zero-order valence-corrected chi connectivity index (χ0v) is 20.1. The lowest BCUT2D eigenvalue weighted by Gasteiger charge is -2.36. The number of aryl methyl sites for hydroxylation is 1. The summed E-state index contributed by atoms with van der Waals surface area (Å²) in [7, 11) is 0. The maximum atomic E-state index is 15.0. The van der Waals surface area contributed by atoms with Gasteiger partial charge in [-0.3, -0.25) is 4.79 Å². The topological polar surface area (TPSA) is 66.3 Å². The third kappa shape index (κ3) is 4.23. The highest BCUT2D eigenvalue weighted by molar-refractivity contribution is 7.21. The second kappa shape index (κ2) is 8.81. The fourth-order valence-corrected chi connectivity index (χ4v) is 6.04. The highest BCUT2D eigenvalue weighted by Gasteiger charge is 2.47. The van der Waals surface area contributed by atoms with E-state index in [4.69, 9.17) is 10.1 Å². The van der Waals surface area contributed by atoms with Crippen molar-refractivity contribution in [3.8, 4) is 10.6 Å². The van der Waals surface area contributed by atoms with Crippen LogP contribution in [-0.2, 0) is 16.6 Å². The third-order valence-electron chi connectivity index (χ3n) is 7.33. The number of rotatable bonds is 8. The van der Waals surface area contributed by atoms with Crippen molar-refractivity contribution >= 4 is 27.7 Å². The van der Waals surface area contributed by atoms with Crippen molar-refractivity contribution in [3.05, 3.63) is 83.3 Å². The highest BCUT2D eigenvalue weighted by Crippen LogP contribution is 2.53. The summed E-state index contributed by atoms with van der Waals surface area (Å²) in [4.78, 5) is 23.5. The molecule has 0 amide bonds. The number of aromatic nitrogens is 2. The van der Waals surface area contributed by atoms with Gasteiger partial charge in [0.15, 0.2) is 0 Å². The van der Waals surface area contributed by atoms with E-state index in [1.807, 2.05) is 24.3 Å². The number of halogens is 1. The average Bonchev–Trinajstić information content (AvgIpc) is 3.54. The van der Waals surface area contributed by atoms with E-state index in [-0.39, 0.29) is 17.2 Å². The van der Waals surface area contributed by atoms with E-state index < -0.39 is 5.97 Å². The molecule has 0 bridgehead atoms. The molecular formula is C28H26FN3O2S. The molecule has 3 heterocycles. The van der Waals surface area contributed by atoms with E-state index >= 15 is 4.39 Å². The maximum Gasteiger partial charge on any atom is 0.309 e. The van der Waals surface area contributed by atoms with Gasteiger partial charge < -0.3 is 10.0 Å². The van der Waals surface area contributed by atoms with Crippen LogP contribution in [0.2, 0.25) is 0 Å². The lowest BCUT2D eigenvalue weighted by Crippen LogP contribution is -2.50. The Balaban J connectivity index is 1.16. The average molecular weight is 488 g/mol. The van der Waals surface area contributed by atoms with Crippen LogP contribution in [0.1, 0.15) is 36.1 Å². The first-order chi connectivity index (χ1) is 17.0. The molecule has 0 spiro atoms. The molecule has 2 aliphatic rings. The van der Waals surface area contributed by atoms with Crippen molar-refractivity contribution < 1.29 is 14.3 Å². The Bertz CT molecular complexity index is 1390. The first kappa shape index (κ1) is 22.3. The smallest absolute Gasteiger partial charge is 0.309 e. The molecule has 6 rings (SSSR count). The number of thiazole rings is 1. The minimum atomic E-state index is -0.719. The molecule has 1 saturated heterocycles. The first-order valence-corrected chi connectivity index (χ1v) is 12.9. The molecular weight excluding hydrogens is 461 g/mol. The molecule has 1 saturated carbocycles. The number of carbonyl (C=O) groups is 1. The summed E-state index contributed by atoms with van der Waals surface area (Å²) < 4.78 is 15.0. The zero-order valence-electron chi connectivity index (χ0n) is 19.3. The van der Waals surface area contributed by atoms with Crippen LogP contribution >= 0.6 is 11.3 Å². The predicted molar refractivity (Wildman–Crippen MR) is 135 cm³/mol. The van der Waals surface area contributed by atoms with Crippen molar-refractivity contribution in [1.82, 2.24) is 14.9 Å². The second-order valence-electron chi connectivity index (χ2n) is 9.70. The van der Waals surface area contributed by atoms with E-state index in [1.54, 1.807) is 6.07 Å². The number of hydrogen-bond acceptors (Lipinski definition) is 5. The van der Waals surface area contributed by atoms with Crippen molar-refractivity contribution in [3.63, 3.8) is 0 Å². The van der Waals surface area contributed by atoms with Crippen LogP contribution in [0, 0.1) is 11.7 Å². The molecule has 7 heteroatoms. The lowest BCUT2D eigenvalue weighted by atomic mass is 9.92. The Labute approximate surface area is 207 Å². The molecule has 0 atom stereocenters. The minimum absolute atomic E-state index is 0.00289. The van der Waals surface area contributed by atoms with Gasteiger partial charge in [-0.2, -0.15) is 0 Å². The first-order valence-electron chi connectivity index (χ1n) is 12.1. The Morgan fingerprint density at radius 3 is 2.60 bits per heavy atom. The van der Waals surface area contributed by atoms with E-state index in [9.17, 15) is 4.79 Å². The van der Waals surface area contributed by atoms with Gasteiger partial charge in [0.25, 0.3) is 0 Å². The number of hydrogen-bond donors (Lipinski definition) is 1. The number of carboxylic acid groups (broad SMARTS) is 1. The van der Waals surface area contributed by atoms with Crippen LogP contribution in [0.4, 0.5) is 4.39 Å². The fourth-order valence-electron chi connectivity index (χ4n) is 5.08. The van der Waals surface area contributed by atoms with Gasteiger partial charge in [0.05, 0.1) is 11.6 Å². The van der Waals surface area contributed by atoms with E-state index in [0.29, 0.717) is 23.7 Å². The van der Waals surface area contributed by atoms with Crippen LogP contribution in [-0.4, -0.2) is 45.6 Å². The predicted octanol–water partition coefficient (Wildman–Crippen LogP) is 5.53. The van der Waals surface area contributed by atoms with Crippen molar-refractivity contribution in [2.24, 2.45) is 5.92 Å². The number of carboxylic acids is 1. The largest absolute Gasteiger partial charge is 0.481 e. The van der Waals surface area contributed by atoms with Crippen LogP contribution < -0.4 is 0 Å². The maximum absolute atomic E-state index is 15.0. The quantitative estimate of drug-likeness (QED) is 0.354. The van der Waals surface area contributed by atoms with E-state index in [2.05, 4.69) is 40.2 Å². The summed E-state index contributed by atoms with van der Waals surface area (Å²) in [6.45, 7) is 2.06. The second-order valence-corrected chi connectivity index (χ2v) is 10.7. The van der Waals surface area contributed by atoms with E-state index in [1.165, 1.54) is 16.9 Å². The third-order valence-corrected chi connectivity index (χ3v) is 8.33. The van der Waals surface area contributed by atoms with Gasteiger partial charge in [0, 0.05) is 24.1 Å². The summed E-state index contributed by atoms with van der Waals surface area (Å²) in [5.41, 5.74) is 4.62. The summed E-state index contributed by atoms with van der Waals surface area (Å²) in [5.74, 6) is -1.22. The van der Waals surface area contributed by atoms with Gasteiger partial charge in [-0.25, -0.2) is 14.4 Å². The van der Waals surface area contributed by atoms with Crippen LogP contribution in [0.25, 0.3) is 20.9 Å². The summed E-state index contributed by atoms with van der Waals surface area (Å²) in [5, 5.41) is 9.63. The Morgan fingerprint density at radius 1 is 1.09 bits per heavy atom. The van der Waals surface area contributed by atoms with Crippen molar-refractivity contribution in [2.75, 3.05) is 19.6 Å². The number of nitrogens with zero attached hydrogens (tertiary/aromatic N) is 3. The summed E-state index contributed by atoms with van der Waals surface area (Å²) in [6, 6.07) is 20.0. The number of aliphatic carboxylic acids is 1. The molecule has 2 aromatic heterocycles. The lowest BCUT2D eigenvalue weighted by molar-refractivity contribution is -0.147.